The van der Waals surface area contributed by atoms with E-state index in [9.17, 15) is 0 Å². The van der Waals surface area contributed by atoms with Gasteiger partial charge in [0.25, 0.3) is 0 Å². The van der Waals surface area contributed by atoms with Crippen LogP contribution in [0.25, 0.3) is 5.65 Å². The molecule has 5 nitrogen and oxygen atoms in total. The topological polar surface area (TPSA) is 59.5 Å². The summed E-state index contributed by atoms with van der Waals surface area (Å²) < 4.78 is 1.91. The van der Waals surface area contributed by atoms with Crippen molar-refractivity contribution in [1.82, 2.24) is 14.6 Å². The van der Waals surface area contributed by atoms with Crippen molar-refractivity contribution in [1.29, 1.82) is 0 Å². The number of aryl methyl sites for hydroxylation is 1. The lowest BCUT2D eigenvalue weighted by molar-refractivity contribution is 0.516. The third kappa shape index (κ3) is 1.66. The summed E-state index contributed by atoms with van der Waals surface area (Å²) >= 11 is 0. The fourth-order valence-corrected chi connectivity index (χ4v) is 2.89. The van der Waals surface area contributed by atoms with Gasteiger partial charge in [-0.05, 0) is 37.0 Å². The molecule has 1 aliphatic heterocycles. The summed E-state index contributed by atoms with van der Waals surface area (Å²) in [7, 11) is 0. The Kier molecular flexibility index (Phi) is 2.70. The van der Waals surface area contributed by atoms with Gasteiger partial charge in [0, 0.05) is 19.1 Å². The maximum absolute atomic E-state index is 5.92. The fraction of sp³-hybridized carbons (Fsp3) is 0.538. The average Bonchev–Trinajstić information content (AvgIpc) is 2.93. The molecule has 0 saturated carbocycles. The van der Waals surface area contributed by atoms with E-state index in [1.54, 1.807) is 6.33 Å². The summed E-state index contributed by atoms with van der Waals surface area (Å²) in [5.41, 5.74) is 8.03. The van der Waals surface area contributed by atoms with Crippen LogP contribution in [0.1, 0.15) is 18.9 Å². The van der Waals surface area contributed by atoms with E-state index in [1.165, 1.54) is 12.0 Å². The van der Waals surface area contributed by atoms with Crippen molar-refractivity contribution >= 4 is 11.5 Å². The van der Waals surface area contributed by atoms with E-state index in [0.29, 0.717) is 18.5 Å². The highest BCUT2D eigenvalue weighted by Gasteiger charge is 2.31. The molecule has 1 aliphatic rings. The number of hydrogen-bond acceptors (Lipinski definition) is 4. The Morgan fingerprint density at radius 1 is 1.44 bits per heavy atom. The predicted octanol–water partition coefficient (Wildman–Crippen LogP) is 1.21. The molecule has 1 saturated heterocycles. The van der Waals surface area contributed by atoms with E-state index >= 15 is 0 Å². The number of rotatable bonds is 2. The van der Waals surface area contributed by atoms with Crippen LogP contribution in [0.4, 0.5) is 5.82 Å². The number of nitrogens with zero attached hydrogens (tertiary/aromatic N) is 4. The van der Waals surface area contributed by atoms with E-state index in [-0.39, 0.29) is 0 Å². The summed E-state index contributed by atoms with van der Waals surface area (Å²) in [5.74, 6) is 1.75. The van der Waals surface area contributed by atoms with Gasteiger partial charge in [-0.1, -0.05) is 6.92 Å². The minimum absolute atomic E-state index is 0.402. The van der Waals surface area contributed by atoms with Gasteiger partial charge < -0.3 is 10.6 Å². The molecule has 96 valence electrons. The molecular weight excluding hydrogens is 226 g/mol. The molecule has 2 atom stereocenters. The number of aromatic nitrogens is 3. The maximum atomic E-state index is 5.92. The summed E-state index contributed by atoms with van der Waals surface area (Å²) in [5, 5.41) is 4.32. The molecule has 3 rings (SSSR count). The molecule has 0 amide bonds. The Morgan fingerprint density at radius 3 is 3.06 bits per heavy atom. The molecule has 5 heteroatoms. The second-order valence-electron chi connectivity index (χ2n) is 5.18. The van der Waals surface area contributed by atoms with Gasteiger partial charge in [-0.3, -0.25) is 0 Å². The molecule has 2 unspecified atom stereocenters. The number of fused-ring (bicyclic) bond motifs is 1. The first-order valence-corrected chi connectivity index (χ1v) is 6.48. The van der Waals surface area contributed by atoms with Crippen LogP contribution in [-0.4, -0.2) is 33.7 Å². The van der Waals surface area contributed by atoms with Gasteiger partial charge in [-0.15, -0.1) is 0 Å². The number of anilines is 1. The van der Waals surface area contributed by atoms with Crippen molar-refractivity contribution in [3.63, 3.8) is 0 Å². The highest BCUT2D eigenvalue weighted by atomic mass is 15.4. The molecule has 0 radical (unpaired) electrons. The van der Waals surface area contributed by atoms with Gasteiger partial charge in [-0.25, -0.2) is 4.98 Å². The predicted molar refractivity (Wildman–Crippen MR) is 71.7 cm³/mol. The van der Waals surface area contributed by atoms with Crippen molar-refractivity contribution in [2.24, 2.45) is 11.7 Å². The van der Waals surface area contributed by atoms with Gasteiger partial charge in [0.05, 0.1) is 0 Å². The van der Waals surface area contributed by atoms with Crippen LogP contribution in [0.2, 0.25) is 0 Å². The normalized spacial score (nSPS) is 24.1. The highest BCUT2D eigenvalue weighted by molar-refractivity contribution is 5.54. The Hall–Kier alpha value is -1.62. The number of nitrogens with two attached hydrogens (primary N) is 1. The van der Waals surface area contributed by atoms with Gasteiger partial charge >= 0.3 is 0 Å². The van der Waals surface area contributed by atoms with Crippen LogP contribution in [0.15, 0.2) is 18.5 Å². The van der Waals surface area contributed by atoms with E-state index < -0.39 is 0 Å². The summed E-state index contributed by atoms with van der Waals surface area (Å²) in [6.07, 6.45) is 2.79. The first-order valence-electron chi connectivity index (χ1n) is 6.48. The quantitative estimate of drug-likeness (QED) is 0.864. The second kappa shape index (κ2) is 4.24. The fourth-order valence-electron chi connectivity index (χ4n) is 2.89. The summed E-state index contributed by atoms with van der Waals surface area (Å²) in [6.45, 7) is 6.09. The lowest BCUT2D eigenvalue weighted by Crippen LogP contribution is -2.39. The summed E-state index contributed by atoms with van der Waals surface area (Å²) in [6, 6.07) is 4.62. The largest absolute Gasteiger partial charge is 0.352 e. The molecule has 18 heavy (non-hydrogen) atoms. The Balaban J connectivity index is 2.11. The minimum Gasteiger partial charge on any atom is -0.352 e. The third-order valence-electron chi connectivity index (χ3n) is 3.92. The van der Waals surface area contributed by atoms with Crippen molar-refractivity contribution < 1.29 is 0 Å². The summed E-state index contributed by atoms with van der Waals surface area (Å²) in [4.78, 5) is 6.65. The monoisotopic (exact) mass is 245 g/mol. The van der Waals surface area contributed by atoms with E-state index in [0.717, 1.165) is 18.0 Å². The first kappa shape index (κ1) is 11.5. The lowest BCUT2D eigenvalue weighted by Gasteiger charge is -2.28. The van der Waals surface area contributed by atoms with Crippen molar-refractivity contribution in [3.8, 4) is 0 Å². The standard InChI is InChI=1S/C13H19N5/c1-9-5-12-15-8-16-18(12)13(6-9)17-4-3-10(2)11(17)7-14/h5-6,8,10-11H,3-4,7,14H2,1-2H3. The van der Waals surface area contributed by atoms with Gasteiger partial charge in [0.1, 0.15) is 12.1 Å². The smallest absolute Gasteiger partial charge is 0.157 e. The second-order valence-corrected chi connectivity index (χ2v) is 5.18. The Bertz CT molecular complexity index is 562. The molecule has 2 aromatic rings. The first-order chi connectivity index (χ1) is 8.70. The van der Waals surface area contributed by atoms with Crippen molar-refractivity contribution in [2.75, 3.05) is 18.0 Å². The van der Waals surface area contributed by atoms with Gasteiger partial charge in [0.2, 0.25) is 0 Å². The van der Waals surface area contributed by atoms with Crippen LogP contribution in [-0.2, 0) is 0 Å². The molecular formula is C13H19N5. The van der Waals surface area contributed by atoms with Crippen molar-refractivity contribution in [2.45, 2.75) is 26.3 Å². The molecule has 0 aromatic carbocycles. The molecule has 2 aromatic heterocycles. The van der Waals surface area contributed by atoms with Crippen LogP contribution < -0.4 is 10.6 Å². The average molecular weight is 245 g/mol. The van der Waals surface area contributed by atoms with Crippen LogP contribution in [0, 0.1) is 12.8 Å². The van der Waals surface area contributed by atoms with E-state index in [4.69, 9.17) is 5.73 Å². The molecule has 0 spiro atoms. The molecule has 3 heterocycles. The maximum Gasteiger partial charge on any atom is 0.157 e. The SMILES string of the molecule is Cc1cc(N2CCC(C)C2CN)n2ncnc2c1. The van der Waals surface area contributed by atoms with Crippen LogP contribution in [0.3, 0.4) is 0 Å². The van der Waals surface area contributed by atoms with E-state index in [2.05, 4.69) is 34.9 Å². The molecule has 1 fully saturated rings. The zero-order valence-corrected chi connectivity index (χ0v) is 10.9. The zero-order chi connectivity index (χ0) is 12.7. The Morgan fingerprint density at radius 2 is 2.28 bits per heavy atom. The molecule has 0 aliphatic carbocycles. The molecule has 2 N–H and O–H groups in total. The van der Waals surface area contributed by atoms with Gasteiger partial charge in [0.15, 0.2) is 5.65 Å². The van der Waals surface area contributed by atoms with Crippen LogP contribution in [0.5, 0.6) is 0 Å². The molecule has 0 bridgehead atoms. The van der Waals surface area contributed by atoms with Crippen molar-refractivity contribution in [3.05, 3.63) is 24.0 Å². The lowest BCUT2D eigenvalue weighted by atomic mass is 10.0. The zero-order valence-electron chi connectivity index (χ0n) is 10.9. The highest BCUT2D eigenvalue weighted by Crippen LogP contribution is 2.29. The van der Waals surface area contributed by atoms with Crippen LogP contribution >= 0.6 is 0 Å². The Labute approximate surface area is 107 Å². The number of hydrogen-bond donors (Lipinski definition) is 1. The third-order valence-corrected chi connectivity index (χ3v) is 3.92. The van der Waals surface area contributed by atoms with Gasteiger partial charge in [-0.2, -0.15) is 9.61 Å². The van der Waals surface area contributed by atoms with E-state index in [1.807, 2.05) is 10.6 Å². The minimum atomic E-state index is 0.402. The number of pyridine rings is 1.